The molecule has 64 valence electrons. The topological polar surface area (TPSA) is 29.1 Å². The molecule has 1 rings (SSSR count). The molecule has 0 aliphatic heterocycles. The summed E-state index contributed by atoms with van der Waals surface area (Å²) in [4.78, 5) is 11.1. The van der Waals surface area contributed by atoms with Gasteiger partial charge in [0.2, 0.25) is 0 Å². The standard InChI is InChI=1S/C9H17NO/c1-7(11)9(10-2)8-5-3-4-6-8/h8-10H,3-6H2,1-2H3. The molecule has 1 atom stereocenters. The predicted molar refractivity (Wildman–Crippen MR) is 45.5 cm³/mol. The Morgan fingerprint density at radius 2 is 2.00 bits per heavy atom. The van der Waals surface area contributed by atoms with Gasteiger partial charge in [0.25, 0.3) is 0 Å². The number of nitrogens with one attached hydrogen (secondary N) is 1. The normalized spacial score (nSPS) is 22.0. The molecule has 0 radical (unpaired) electrons. The number of carbonyl (C=O) groups is 1. The van der Waals surface area contributed by atoms with Gasteiger partial charge in [-0.05, 0) is 32.7 Å². The van der Waals surface area contributed by atoms with Crippen molar-refractivity contribution in [1.82, 2.24) is 5.32 Å². The number of likely N-dealkylation sites (N-methyl/N-ethyl adjacent to an activating group) is 1. The van der Waals surface area contributed by atoms with Gasteiger partial charge in [-0.25, -0.2) is 0 Å². The van der Waals surface area contributed by atoms with Gasteiger partial charge >= 0.3 is 0 Å². The van der Waals surface area contributed by atoms with Crippen LogP contribution in [0.15, 0.2) is 0 Å². The Kier molecular flexibility index (Phi) is 3.06. The Labute approximate surface area is 68.4 Å². The molecular weight excluding hydrogens is 138 g/mol. The molecule has 0 amide bonds. The van der Waals surface area contributed by atoms with E-state index in [4.69, 9.17) is 0 Å². The average Bonchev–Trinajstić information content (AvgIpc) is 2.40. The van der Waals surface area contributed by atoms with Crippen LogP contribution in [-0.4, -0.2) is 18.9 Å². The third-order valence-corrected chi connectivity index (χ3v) is 2.62. The molecule has 0 bridgehead atoms. The summed E-state index contributed by atoms with van der Waals surface area (Å²) in [6.07, 6.45) is 5.06. The number of rotatable bonds is 3. The second kappa shape index (κ2) is 3.86. The van der Waals surface area contributed by atoms with Gasteiger partial charge in [-0.15, -0.1) is 0 Å². The quantitative estimate of drug-likeness (QED) is 0.666. The van der Waals surface area contributed by atoms with Gasteiger partial charge in [0, 0.05) is 0 Å². The highest BCUT2D eigenvalue weighted by Crippen LogP contribution is 2.27. The minimum atomic E-state index is 0.123. The largest absolute Gasteiger partial charge is 0.310 e. The van der Waals surface area contributed by atoms with E-state index >= 15 is 0 Å². The fourth-order valence-electron chi connectivity index (χ4n) is 2.06. The fraction of sp³-hybridized carbons (Fsp3) is 0.889. The monoisotopic (exact) mass is 155 g/mol. The summed E-state index contributed by atoms with van der Waals surface area (Å²) in [5.41, 5.74) is 0. The van der Waals surface area contributed by atoms with Gasteiger partial charge in [-0.2, -0.15) is 0 Å². The molecule has 0 spiro atoms. The molecule has 2 heteroatoms. The second-order valence-corrected chi connectivity index (χ2v) is 3.42. The lowest BCUT2D eigenvalue weighted by Gasteiger charge is -2.19. The van der Waals surface area contributed by atoms with E-state index in [2.05, 4.69) is 5.32 Å². The Hall–Kier alpha value is -0.370. The van der Waals surface area contributed by atoms with Crippen molar-refractivity contribution in [2.45, 2.75) is 38.6 Å². The molecule has 0 aromatic rings. The third kappa shape index (κ3) is 2.03. The maximum atomic E-state index is 11.1. The summed E-state index contributed by atoms with van der Waals surface area (Å²) in [5, 5.41) is 3.09. The minimum absolute atomic E-state index is 0.123. The number of hydrogen-bond acceptors (Lipinski definition) is 2. The molecule has 0 saturated heterocycles. The zero-order valence-corrected chi connectivity index (χ0v) is 7.39. The van der Waals surface area contributed by atoms with Gasteiger partial charge < -0.3 is 5.32 Å². The summed E-state index contributed by atoms with van der Waals surface area (Å²) in [5.74, 6) is 0.900. The molecule has 1 fully saturated rings. The molecule has 1 unspecified atom stereocenters. The van der Waals surface area contributed by atoms with E-state index in [1.807, 2.05) is 7.05 Å². The molecule has 11 heavy (non-hydrogen) atoms. The van der Waals surface area contributed by atoms with Gasteiger partial charge in [0.15, 0.2) is 0 Å². The van der Waals surface area contributed by atoms with E-state index in [-0.39, 0.29) is 6.04 Å². The van der Waals surface area contributed by atoms with E-state index in [9.17, 15) is 4.79 Å². The lowest BCUT2D eigenvalue weighted by Crippen LogP contribution is -2.38. The van der Waals surface area contributed by atoms with Crippen molar-refractivity contribution in [2.75, 3.05) is 7.05 Å². The van der Waals surface area contributed by atoms with Crippen LogP contribution in [0.4, 0.5) is 0 Å². The van der Waals surface area contributed by atoms with Gasteiger partial charge in [-0.3, -0.25) is 4.79 Å². The maximum Gasteiger partial charge on any atom is 0.146 e. The number of Topliss-reactive ketones (excluding diaryl/α,β-unsaturated/α-hetero) is 1. The summed E-state index contributed by atoms with van der Waals surface area (Å²) in [6.45, 7) is 1.68. The van der Waals surface area contributed by atoms with Crippen LogP contribution in [0.2, 0.25) is 0 Å². The average molecular weight is 155 g/mol. The van der Waals surface area contributed by atoms with Crippen molar-refractivity contribution in [1.29, 1.82) is 0 Å². The first-order valence-corrected chi connectivity index (χ1v) is 4.43. The maximum absolute atomic E-state index is 11.1. The van der Waals surface area contributed by atoms with Crippen molar-refractivity contribution in [3.63, 3.8) is 0 Å². The molecule has 0 aromatic carbocycles. The zero-order valence-electron chi connectivity index (χ0n) is 7.39. The van der Waals surface area contributed by atoms with Gasteiger partial charge in [0.1, 0.15) is 5.78 Å². The Bertz CT molecular complexity index is 138. The van der Waals surface area contributed by atoms with Crippen molar-refractivity contribution >= 4 is 5.78 Å². The van der Waals surface area contributed by atoms with E-state index in [0.29, 0.717) is 11.7 Å². The molecule has 1 N–H and O–H groups in total. The number of carbonyl (C=O) groups excluding carboxylic acids is 1. The molecule has 1 saturated carbocycles. The van der Waals surface area contributed by atoms with Crippen LogP contribution in [0.3, 0.4) is 0 Å². The smallest absolute Gasteiger partial charge is 0.146 e. The lowest BCUT2D eigenvalue weighted by atomic mass is 9.95. The second-order valence-electron chi connectivity index (χ2n) is 3.42. The molecule has 1 aliphatic rings. The zero-order chi connectivity index (χ0) is 8.27. The molecular formula is C9H17NO. The summed E-state index contributed by atoms with van der Waals surface area (Å²) < 4.78 is 0. The third-order valence-electron chi connectivity index (χ3n) is 2.62. The van der Waals surface area contributed by atoms with Crippen molar-refractivity contribution in [3.8, 4) is 0 Å². The van der Waals surface area contributed by atoms with Crippen LogP contribution < -0.4 is 5.32 Å². The first-order chi connectivity index (χ1) is 5.25. The fourth-order valence-corrected chi connectivity index (χ4v) is 2.06. The molecule has 0 heterocycles. The van der Waals surface area contributed by atoms with E-state index in [0.717, 1.165) is 0 Å². The van der Waals surface area contributed by atoms with Crippen LogP contribution in [-0.2, 0) is 4.79 Å². The first kappa shape index (κ1) is 8.72. The van der Waals surface area contributed by atoms with Crippen molar-refractivity contribution in [2.24, 2.45) is 5.92 Å². The highest BCUT2D eigenvalue weighted by atomic mass is 16.1. The number of ketones is 1. The lowest BCUT2D eigenvalue weighted by molar-refractivity contribution is -0.120. The Morgan fingerprint density at radius 1 is 1.45 bits per heavy atom. The SMILES string of the molecule is CNC(C(C)=O)C1CCCC1. The molecule has 2 nitrogen and oxygen atoms in total. The van der Waals surface area contributed by atoms with Crippen LogP contribution in [0.5, 0.6) is 0 Å². The molecule has 1 aliphatic carbocycles. The first-order valence-electron chi connectivity index (χ1n) is 4.43. The van der Waals surface area contributed by atoms with Gasteiger partial charge in [-0.1, -0.05) is 12.8 Å². The summed E-state index contributed by atoms with van der Waals surface area (Å²) >= 11 is 0. The Balaban J connectivity index is 2.46. The predicted octanol–water partition coefficient (Wildman–Crippen LogP) is 1.35. The van der Waals surface area contributed by atoms with Crippen LogP contribution in [0.25, 0.3) is 0 Å². The number of hydrogen-bond donors (Lipinski definition) is 1. The van der Waals surface area contributed by atoms with E-state index in [1.165, 1.54) is 25.7 Å². The van der Waals surface area contributed by atoms with Crippen LogP contribution >= 0.6 is 0 Å². The molecule has 0 aromatic heterocycles. The minimum Gasteiger partial charge on any atom is -0.310 e. The van der Waals surface area contributed by atoms with Gasteiger partial charge in [0.05, 0.1) is 6.04 Å². The van der Waals surface area contributed by atoms with E-state index < -0.39 is 0 Å². The highest BCUT2D eigenvalue weighted by Gasteiger charge is 2.26. The highest BCUT2D eigenvalue weighted by molar-refractivity contribution is 5.81. The van der Waals surface area contributed by atoms with E-state index in [1.54, 1.807) is 6.92 Å². The van der Waals surface area contributed by atoms with Crippen molar-refractivity contribution in [3.05, 3.63) is 0 Å². The summed E-state index contributed by atoms with van der Waals surface area (Å²) in [7, 11) is 1.88. The Morgan fingerprint density at radius 3 is 2.36 bits per heavy atom. The summed E-state index contributed by atoms with van der Waals surface area (Å²) in [6, 6.07) is 0.123. The van der Waals surface area contributed by atoms with Crippen molar-refractivity contribution < 1.29 is 4.79 Å². The van der Waals surface area contributed by atoms with Crippen LogP contribution in [0.1, 0.15) is 32.6 Å². The van der Waals surface area contributed by atoms with Crippen LogP contribution in [0, 0.1) is 5.92 Å².